The van der Waals surface area contributed by atoms with Crippen LogP contribution in [0.2, 0.25) is 0 Å². The minimum atomic E-state index is -2.88. The SMILES string of the molecule is CN(CCCC1CCNCC1)C(=O)[C@H]1CC[C@H](n2cc(NC(=O)c3coc(-c4ccnc(NCC5CC5)c4)n3)c(C(F)F)n2)CC1. The molecule has 3 aromatic rings. The number of amides is 2. The Morgan fingerprint density at radius 3 is 2.63 bits per heavy atom. The van der Waals surface area contributed by atoms with Gasteiger partial charge in [-0.1, -0.05) is 0 Å². The maximum Gasteiger partial charge on any atom is 0.284 e. The van der Waals surface area contributed by atoms with Crippen LogP contribution >= 0.6 is 0 Å². The molecular weight excluding hydrogens is 594 g/mol. The highest BCUT2D eigenvalue weighted by Crippen LogP contribution is 2.36. The molecular formula is C33H44F2N8O3. The molecule has 46 heavy (non-hydrogen) atoms. The van der Waals surface area contributed by atoms with Crippen molar-refractivity contribution >= 4 is 23.3 Å². The Bertz CT molecular complexity index is 1470. The number of hydrogen-bond donors (Lipinski definition) is 3. The standard InChI is InChI=1S/C33H44F2N8O3/c1-42(16-2-3-21-10-13-36-14-11-21)33(45)23-6-8-25(9-7-23)43-19-26(29(41-43)30(34)35)39-31(44)27-20-46-32(40-27)24-12-15-37-28(17-24)38-18-22-4-5-22/h12,15,17,19-23,25,30,36H,2-11,13-14,16,18H2,1H3,(H,37,38)(H,39,44)/t23-,25-. The highest BCUT2D eigenvalue weighted by atomic mass is 19.3. The second-order valence-electron chi connectivity index (χ2n) is 13.1. The third-order valence-electron chi connectivity index (χ3n) is 9.59. The third kappa shape index (κ3) is 8.09. The van der Waals surface area contributed by atoms with Crippen LogP contribution in [-0.4, -0.2) is 69.7 Å². The number of alkyl halides is 2. The number of pyridine rings is 1. The summed E-state index contributed by atoms with van der Waals surface area (Å²) in [5.74, 6) is 1.76. The molecule has 3 aromatic heterocycles. The van der Waals surface area contributed by atoms with Crippen molar-refractivity contribution in [2.45, 2.75) is 76.7 Å². The van der Waals surface area contributed by atoms with Gasteiger partial charge in [-0.15, -0.1) is 0 Å². The van der Waals surface area contributed by atoms with E-state index in [1.165, 1.54) is 42.8 Å². The Kier molecular flexibility index (Phi) is 10.3. The summed E-state index contributed by atoms with van der Waals surface area (Å²) >= 11 is 0. The summed E-state index contributed by atoms with van der Waals surface area (Å²) in [5.41, 5.74) is 0.0491. The average molecular weight is 639 g/mol. The number of halogens is 2. The lowest BCUT2D eigenvalue weighted by molar-refractivity contribution is -0.135. The number of hydrogen-bond acceptors (Lipinski definition) is 8. The smallest absolute Gasteiger partial charge is 0.284 e. The number of carbonyl (C=O) groups excluding carboxylic acids is 2. The Hall–Kier alpha value is -3.87. The number of oxazole rings is 1. The Morgan fingerprint density at radius 1 is 1.11 bits per heavy atom. The molecule has 13 heteroatoms. The molecule has 11 nitrogen and oxygen atoms in total. The van der Waals surface area contributed by atoms with Crippen LogP contribution in [0.3, 0.4) is 0 Å². The van der Waals surface area contributed by atoms with Gasteiger partial charge in [0.05, 0.1) is 11.7 Å². The lowest BCUT2D eigenvalue weighted by Gasteiger charge is -2.31. The summed E-state index contributed by atoms with van der Waals surface area (Å²) < 4.78 is 35.0. The minimum Gasteiger partial charge on any atom is -0.444 e. The van der Waals surface area contributed by atoms with E-state index in [-0.39, 0.29) is 35.1 Å². The van der Waals surface area contributed by atoms with Crippen LogP contribution in [-0.2, 0) is 4.79 Å². The zero-order valence-electron chi connectivity index (χ0n) is 26.4. The van der Waals surface area contributed by atoms with Gasteiger partial charge in [0.15, 0.2) is 11.4 Å². The number of rotatable bonds is 13. The van der Waals surface area contributed by atoms with Gasteiger partial charge in [0.2, 0.25) is 11.8 Å². The van der Waals surface area contributed by atoms with Crippen molar-refractivity contribution < 1.29 is 22.8 Å². The van der Waals surface area contributed by atoms with Crippen molar-refractivity contribution in [2.75, 3.05) is 43.9 Å². The van der Waals surface area contributed by atoms with Gasteiger partial charge in [0.1, 0.15) is 12.1 Å². The number of nitrogens with one attached hydrogen (secondary N) is 3. The molecule has 0 radical (unpaired) electrons. The molecule has 248 valence electrons. The van der Waals surface area contributed by atoms with Crippen molar-refractivity contribution in [3.63, 3.8) is 0 Å². The number of aromatic nitrogens is 4. The molecule has 4 heterocycles. The van der Waals surface area contributed by atoms with Crippen LogP contribution in [0, 0.1) is 17.8 Å². The van der Waals surface area contributed by atoms with E-state index in [2.05, 4.69) is 31.0 Å². The molecule has 6 rings (SSSR count). The van der Waals surface area contributed by atoms with Crippen molar-refractivity contribution in [3.8, 4) is 11.5 Å². The Morgan fingerprint density at radius 2 is 1.89 bits per heavy atom. The van der Waals surface area contributed by atoms with E-state index >= 15 is 0 Å². The first kappa shape index (κ1) is 32.1. The van der Waals surface area contributed by atoms with Gasteiger partial charge in [0.25, 0.3) is 12.3 Å². The van der Waals surface area contributed by atoms with Gasteiger partial charge < -0.3 is 25.3 Å². The van der Waals surface area contributed by atoms with E-state index in [0.29, 0.717) is 43.0 Å². The number of anilines is 2. The number of carbonyl (C=O) groups is 2. The number of piperidine rings is 1. The molecule has 0 unspecified atom stereocenters. The Balaban J connectivity index is 1.02. The number of nitrogens with zero attached hydrogens (tertiary/aromatic N) is 5. The normalized spacial score (nSPS) is 20.5. The van der Waals surface area contributed by atoms with Crippen molar-refractivity contribution in [1.29, 1.82) is 0 Å². The van der Waals surface area contributed by atoms with E-state index in [9.17, 15) is 18.4 Å². The maximum atomic E-state index is 14.0. The van der Waals surface area contributed by atoms with E-state index in [1.807, 2.05) is 11.9 Å². The molecule has 1 saturated heterocycles. The maximum absolute atomic E-state index is 14.0. The summed E-state index contributed by atoms with van der Waals surface area (Å²) in [6, 6.07) is 3.39. The minimum absolute atomic E-state index is 0.0360. The quantitative estimate of drug-likeness (QED) is 0.211. The van der Waals surface area contributed by atoms with Gasteiger partial charge in [-0.3, -0.25) is 14.3 Å². The Labute approximate surface area is 267 Å². The first-order valence-corrected chi connectivity index (χ1v) is 16.6. The predicted octanol–water partition coefficient (Wildman–Crippen LogP) is 5.91. The highest BCUT2D eigenvalue weighted by Gasteiger charge is 2.31. The topological polar surface area (TPSA) is 130 Å². The molecule has 3 N–H and O–H groups in total. The van der Waals surface area contributed by atoms with Crippen molar-refractivity contribution in [1.82, 2.24) is 30.0 Å². The van der Waals surface area contributed by atoms with E-state index in [4.69, 9.17) is 4.42 Å². The molecule has 2 amide bonds. The molecule has 0 bridgehead atoms. The van der Waals surface area contributed by atoms with E-state index in [0.717, 1.165) is 44.9 Å². The van der Waals surface area contributed by atoms with Crippen LogP contribution in [0.5, 0.6) is 0 Å². The third-order valence-corrected chi connectivity index (χ3v) is 9.59. The molecule has 3 aliphatic rings. The summed E-state index contributed by atoms with van der Waals surface area (Å²) in [6.45, 7) is 3.78. The first-order valence-electron chi connectivity index (χ1n) is 16.6. The second-order valence-corrected chi connectivity index (χ2v) is 13.1. The van der Waals surface area contributed by atoms with Crippen LogP contribution in [0.15, 0.2) is 35.2 Å². The molecule has 2 saturated carbocycles. The monoisotopic (exact) mass is 638 g/mol. The van der Waals surface area contributed by atoms with Gasteiger partial charge >= 0.3 is 0 Å². The van der Waals surface area contributed by atoms with Gasteiger partial charge in [-0.25, -0.2) is 18.7 Å². The van der Waals surface area contributed by atoms with E-state index < -0.39 is 18.0 Å². The summed E-state index contributed by atoms with van der Waals surface area (Å²) in [4.78, 5) is 36.6. The molecule has 0 aromatic carbocycles. The first-order chi connectivity index (χ1) is 22.3. The molecule has 3 fully saturated rings. The van der Waals surface area contributed by atoms with Gasteiger partial charge in [-0.2, -0.15) is 5.10 Å². The van der Waals surface area contributed by atoms with E-state index in [1.54, 1.807) is 18.3 Å². The molecule has 0 spiro atoms. The van der Waals surface area contributed by atoms with Crippen molar-refractivity contribution in [3.05, 3.63) is 42.2 Å². The van der Waals surface area contributed by atoms with Crippen molar-refractivity contribution in [2.24, 2.45) is 17.8 Å². The average Bonchev–Trinajstić information content (AvgIpc) is 3.59. The van der Waals surface area contributed by atoms with Crippen LogP contribution in [0.25, 0.3) is 11.5 Å². The summed E-state index contributed by atoms with van der Waals surface area (Å²) in [6.07, 6.45) is 11.1. The fourth-order valence-corrected chi connectivity index (χ4v) is 6.57. The fraction of sp³-hybridized carbons (Fsp3) is 0.606. The van der Waals surface area contributed by atoms with Gasteiger partial charge in [-0.05, 0) is 101 Å². The summed E-state index contributed by atoms with van der Waals surface area (Å²) in [5, 5.41) is 13.4. The largest absolute Gasteiger partial charge is 0.444 e. The predicted molar refractivity (Wildman–Crippen MR) is 170 cm³/mol. The lowest BCUT2D eigenvalue weighted by Crippen LogP contribution is -2.36. The highest BCUT2D eigenvalue weighted by molar-refractivity contribution is 6.03. The second kappa shape index (κ2) is 14.7. The summed E-state index contributed by atoms with van der Waals surface area (Å²) in [7, 11) is 1.88. The van der Waals surface area contributed by atoms with Crippen LogP contribution < -0.4 is 16.0 Å². The fourth-order valence-electron chi connectivity index (χ4n) is 6.57. The van der Waals surface area contributed by atoms with Gasteiger partial charge in [0, 0.05) is 44.0 Å². The van der Waals surface area contributed by atoms with Crippen LogP contribution in [0.4, 0.5) is 20.3 Å². The van der Waals surface area contributed by atoms with Crippen LogP contribution in [0.1, 0.15) is 92.9 Å². The molecule has 1 aliphatic heterocycles. The lowest BCUT2D eigenvalue weighted by atomic mass is 9.85. The molecule has 0 atom stereocenters. The molecule has 2 aliphatic carbocycles. The zero-order chi connectivity index (χ0) is 32.0. The zero-order valence-corrected chi connectivity index (χ0v) is 26.4.